The maximum atomic E-state index is 10.8. The fourth-order valence-corrected chi connectivity index (χ4v) is 3.01. The van der Waals surface area contributed by atoms with E-state index in [0.29, 0.717) is 13.1 Å². The molecule has 9 heteroatoms. The van der Waals surface area contributed by atoms with Gasteiger partial charge in [-0.1, -0.05) is 42.5 Å². The molecule has 0 saturated carbocycles. The van der Waals surface area contributed by atoms with Crippen molar-refractivity contribution in [1.82, 2.24) is 15.5 Å². The Hall–Kier alpha value is -2.24. The predicted molar refractivity (Wildman–Crippen MR) is 128 cm³/mol. The number of guanidine groups is 1. The van der Waals surface area contributed by atoms with Crippen LogP contribution in [0, 0.1) is 10.1 Å². The standard InChI is InChI=1S/C21H27N5O3.HI/c27-26(28)20-8-6-19(7-9-20)17-24-21(23-16-18-4-2-1-3-5-18)22-10-11-25-12-14-29-15-13-25;/h1-9H,10-17H2,(H2,22,23,24);1H. The topological polar surface area (TPSA) is 92.0 Å². The molecule has 1 heterocycles. The largest absolute Gasteiger partial charge is 0.379 e. The lowest BCUT2D eigenvalue weighted by Crippen LogP contribution is -2.44. The fraction of sp³-hybridized carbons (Fsp3) is 0.381. The van der Waals surface area contributed by atoms with Gasteiger partial charge >= 0.3 is 0 Å². The van der Waals surface area contributed by atoms with Gasteiger partial charge in [0, 0.05) is 44.9 Å². The first-order valence-electron chi connectivity index (χ1n) is 9.80. The molecule has 0 atom stereocenters. The highest BCUT2D eigenvalue weighted by Gasteiger charge is 2.10. The van der Waals surface area contributed by atoms with Crippen LogP contribution in [-0.2, 0) is 17.8 Å². The second-order valence-corrected chi connectivity index (χ2v) is 6.81. The van der Waals surface area contributed by atoms with Crippen LogP contribution in [0.1, 0.15) is 11.1 Å². The highest BCUT2D eigenvalue weighted by Crippen LogP contribution is 2.11. The lowest BCUT2D eigenvalue weighted by molar-refractivity contribution is -0.384. The van der Waals surface area contributed by atoms with E-state index in [9.17, 15) is 10.1 Å². The van der Waals surface area contributed by atoms with Gasteiger partial charge in [0.05, 0.1) is 24.7 Å². The molecule has 2 N–H and O–H groups in total. The maximum absolute atomic E-state index is 10.8. The Kier molecular flexibility index (Phi) is 10.5. The quantitative estimate of drug-likeness (QED) is 0.181. The Morgan fingerprint density at radius 2 is 1.73 bits per heavy atom. The van der Waals surface area contributed by atoms with Crippen molar-refractivity contribution in [3.05, 3.63) is 75.8 Å². The molecule has 30 heavy (non-hydrogen) atoms. The van der Waals surface area contributed by atoms with Crippen molar-refractivity contribution in [2.45, 2.75) is 13.1 Å². The summed E-state index contributed by atoms with van der Waals surface area (Å²) in [6, 6.07) is 16.6. The summed E-state index contributed by atoms with van der Waals surface area (Å²) in [5.74, 6) is 0.723. The molecule has 0 unspecified atom stereocenters. The van der Waals surface area contributed by atoms with Crippen LogP contribution in [0.2, 0.25) is 0 Å². The third kappa shape index (κ3) is 8.25. The second-order valence-electron chi connectivity index (χ2n) is 6.81. The van der Waals surface area contributed by atoms with E-state index in [4.69, 9.17) is 4.74 Å². The number of hydrogen-bond acceptors (Lipinski definition) is 5. The Bertz CT molecular complexity index is 796. The van der Waals surface area contributed by atoms with E-state index < -0.39 is 4.92 Å². The number of nitrogens with zero attached hydrogens (tertiary/aromatic N) is 3. The van der Waals surface area contributed by atoms with Crippen molar-refractivity contribution in [1.29, 1.82) is 0 Å². The maximum Gasteiger partial charge on any atom is 0.269 e. The van der Waals surface area contributed by atoms with Crippen LogP contribution in [-0.4, -0.2) is 55.2 Å². The van der Waals surface area contributed by atoms with Crippen LogP contribution >= 0.6 is 24.0 Å². The van der Waals surface area contributed by atoms with E-state index in [0.717, 1.165) is 56.5 Å². The highest BCUT2D eigenvalue weighted by atomic mass is 127. The molecule has 1 aliphatic rings. The summed E-state index contributed by atoms with van der Waals surface area (Å²) in [6.07, 6.45) is 0. The number of rotatable bonds is 8. The van der Waals surface area contributed by atoms with Crippen molar-refractivity contribution in [2.75, 3.05) is 39.4 Å². The molecule has 1 aliphatic heterocycles. The van der Waals surface area contributed by atoms with E-state index in [1.54, 1.807) is 12.1 Å². The molecule has 8 nitrogen and oxygen atoms in total. The van der Waals surface area contributed by atoms with Gasteiger partial charge in [-0.2, -0.15) is 0 Å². The van der Waals surface area contributed by atoms with E-state index in [2.05, 4.69) is 20.5 Å². The zero-order chi connectivity index (χ0) is 20.3. The summed E-state index contributed by atoms with van der Waals surface area (Å²) in [5, 5.41) is 17.5. The molecule has 3 rings (SSSR count). The number of non-ortho nitro benzene ring substituents is 1. The Balaban J connectivity index is 0.00000320. The van der Waals surface area contributed by atoms with Crippen molar-refractivity contribution in [2.24, 2.45) is 4.99 Å². The number of benzene rings is 2. The van der Waals surface area contributed by atoms with Crippen LogP contribution in [0.4, 0.5) is 5.69 Å². The van der Waals surface area contributed by atoms with Crippen LogP contribution < -0.4 is 10.6 Å². The van der Waals surface area contributed by atoms with Crippen LogP contribution in [0.3, 0.4) is 0 Å². The molecular formula is C21H28IN5O3. The number of ether oxygens (including phenoxy) is 1. The van der Waals surface area contributed by atoms with Crippen molar-refractivity contribution < 1.29 is 9.66 Å². The molecule has 1 saturated heterocycles. The average Bonchev–Trinajstić information content (AvgIpc) is 2.77. The van der Waals surface area contributed by atoms with E-state index in [-0.39, 0.29) is 29.7 Å². The molecular weight excluding hydrogens is 497 g/mol. The monoisotopic (exact) mass is 525 g/mol. The summed E-state index contributed by atoms with van der Waals surface area (Å²) in [6.45, 7) is 6.29. The first-order chi connectivity index (χ1) is 14.2. The van der Waals surface area contributed by atoms with Gasteiger partial charge in [0.2, 0.25) is 0 Å². The number of halogens is 1. The van der Waals surface area contributed by atoms with Gasteiger partial charge in [-0.3, -0.25) is 15.0 Å². The van der Waals surface area contributed by atoms with Gasteiger partial charge in [-0.25, -0.2) is 4.99 Å². The molecule has 0 bridgehead atoms. The first-order valence-corrected chi connectivity index (χ1v) is 9.80. The highest BCUT2D eigenvalue weighted by molar-refractivity contribution is 14.0. The zero-order valence-electron chi connectivity index (χ0n) is 16.8. The van der Waals surface area contributed by atoms with Gasteiger partial charge in [-0.05, 0) is 11.1 Å². The number of morpholine rings is 1. The fourth-order valence-electron chi connectivity index (χ4n) is 3.01. The number of nitro benzene ring substituents is 1. The van der Waals surface area contributed by atoms with Crippen molar-refractivity contribution >= 4 is 35.6 Å². The van der Waals surface area contributed by atoms with Crippen molar-refractivity contribution in [3.8, 4) is 0 Å². The summed E-state index contributed by atoms with van der Waals surface area (Å²) in [4.78, 5) is 17.4. The second kappa shape index (κ2) is 13.1. The smallest absolute Gasteiger partial charge is 0.269 e. The molecule has 0 radical (unpaired) electrons. The minimum Gasteiger partial charge on any atom is -0.379 e. The van der Waals surface area contributed by atoms with Crippen LogP contribution in [0.5, 0.6) is 0 Å². The van der Waals surface area contributed by atoms with E-state index in [1.165, 1.54) is 12.1 Å². The third-order valence-electron chi connectivity index (χ3n) is 4.69. The molecule has 0 amide bonds. The van der Waals surface area contributed by atoms with Gasteiger partial charge in [0.1, 0.15) is 0 Å². The SMILES string of the molecule is I.O=[N+]([O-])c1ccc(CNC(=NCc2ccccc2)NCCN2CCOCC2)cc1. The molecule has 2 aromatic carbocycles. The van der Waals surface area contributed by atoms with Crippen molar-refractivity contribution in [3.63, 3.8) is 0 Å². The minimum atomic E-state index is -0.392. The van der Waals surface area contributed by atoms with E-state index >= 15 is 0 Å². The summed E-state index contributed by atoms with van der Waals surface area (Å²) >= 11 is 0. The summed E-state index contributed by atoms with van der Waals surface area (Å²) in [5.41, 5.74) is 2.19. The number of aliphatic imine (C=N–C) groups is 1. The van der Waals surface area contributed by atoms with Gasteiger partial charge in [-0.15, -0.1) is 24.0 Å². The molecule has 0 spiro atoms. The lowest BCUT2D eigenvalue weighted by Gasteiger charge is -2.26. The predicted octanol–water partition coefficient (Wildman–Crippen LogP) is 2.78. The molecule has 0 aliphatic carbocycles. The molecule has 2 aromatic rings. The molecule has 162 valence electrons. The van der Waals surface area contributed by atoms with Crippen LogP contribution in [0.25, 0.3) is 0 Å². The number of nitrogens with one attached hydrogen (secondary N) is 2. The van der Waals surface area contributed by atoms with Gasteiger partial charge < -0.3 is 15.4 Å². The molecule has 0 aromatic heterocycles. The van der Waals surface area contributed by atoms with Gasteiger partial charge in [0.25, 0.3) is 5.69 Å². The summed E-state index contributed by atoms with van der Waals surface area (Å²) < 4.78 is 5.39. The lowest BCUT2D eigenvalue weighted by atomic mass is 10.2. The summed E-state index contributed by atoms with van der Waals surface area (Å²) in [7, 11) is 0. The third-order valence-corrected chi connectivity index (χ3v) is 4.69. The van der Waals surface area contributed by atoms with E-state index in [1.807, 2.05) is 30.3 Å². The Morgan fingerprint density at radius 3 is 2.40 bits per heavy atom. The Morgan fingerprint density at radius 1 is 1.03 bits per heavy atom. The molecule has 1 fully saturated rings. The number of nitro groups is 1. The zero-order valence-corrected chi connectivity index (χ0v) is 19.2. The number of hydrogen-bond donors (Lipinski definition) is 2. The Labute approximate surface area is 193 Å². The minimum absolute atomic E-state index is 0. The van der Waals surface area contributed by atoms with Gasteiger partial charge in [0.15, 0.2) is 5.96 Å². The van der Waals surface area contributed by atoms with Crippen LogP contribution in [0.15, 0.2) is 59.6 Å². The average molecular weight is 525 g/mol. The first kappa shape index (κ1) is 24.0. The normalized spacial score (nSPS) is 14.6.